The molecule has 1 atom stereocenters. The lowest BCUT2D eigenvalue weighted by Gasteiger charge is -2.11. The number of nitrogens with two attached hydrogens (primary N) is 1. The van der Waals surface area contributed by atoms with Crippen LogP contribution in [0.3, 0.4) is 0 Å². The van der Waals surface area contributed by atoms with Crippen LogP contribution in [0.1, 0.15) is 17.7 Å². The van der Waals surface area contributed by atoms with Crippen molar-refractivity contribution in [2.24, 2.45) is 12.8 Å². The average molecular weight is 275 g/mol. The van der Waals surface area contributed by atoms with Crippen LogP contribution in [0.25, 0.3) is 0 Å². The maximum absolute atomic E-state index is 6.18. The molecule has 1 aromatic heterocycles. The minimum atomic E-state index is 0.223. The Kier molecular flexibility index (Phi) is 5.05. The summed E-state index contributed by atoms with van der Waals surface area (Å²) in [6.45, 7) is 2.12. The van der Waals surface area contributed by atoms with E-state index < -0.39 is 0 Å². The highest BCUT2D eigenvalue weighted by molar-refractivity contribution is 7.99. The predicted octanol–water partition coefficient (Wildman–Crippen LogP) is 2.78. The molecule has 19 heavy (non-hydrogen) atoms. The van der Waals surface area contributed by atoms with Gasteiger partial charge in [0.25, 0.3) is 0 Å². The fourth-order valence-corrected chi connectivity index (χ4v) is 2.99. The molecule has 0 bridgehead atoms. The summed E-state index contributed by atoms with van der Waals surface area (Å²) in [4.78, 5) is 1.30. The van der Waals surface area contributed by atoms with E-state index in [9.17, 15) is 0 Å². The summed E-state index contributed by atoms with van der Waals surface area (Å²) >= 11 is 1.84. The van der Waals surface area contributed by atoms with E-state index in [4.69, 9.17) is 5.73 Å². The van der Waals surface area contributed by atoms with Gasteiger partial charge in [-0.25, -0.2) is 0 Å². The Hall–Kier alpha value is -1.26. The summed E-state index contributed by atoms with van der Waals surface area (Å²) in [5.41, 5.74) is 8.72. The first-order valence-corrected chi connectivity index (χ1v) is 7.55. The number of hydrogen-bond acceptors (Lipinski definition) is 3. The molecule has 2 rings (SSSR count). The van der Waals surface area contributed by atoms with Gasteiger partial charge in [-0.15, -0.1) is 11.8 Å². The van der Waals surface area contributed by atoms with Crippen LogP contribution in [0.4, 0.5) is 0 Å². The molecule has 0 aliphatic heterocycles. The Balaban J connectivity index is 1.76. The number of benzene rings is 1. The van der Waals surface area contributed by atoms with E-state index in [-0.39, 0.29) is 6.04 Å². The molecule has 1 unspecified atom stereocenters. The first-order valence-electron chi connectivity index (χ1n) is 6.57. The molecule has 0 saturated heterocycles. The molecule has 0 spiro atoms. The molecule has 0 saturated carbocycles. The van der Waals surface area contributed by atoms with Gasteiger partial charge in [-0.1, -0.05) is 17.7 Å². The van der Waals surface area contributed by atoms with Crippen molar-refractivity contribution in [1.29, 1.82) is 0 Å². The molecule has 0 aliphatic carbocycles. The molecule has 2 aromatic rings. The molecule has 2 N–H and O–H groups in total. The van der Waals surface area contributed by atoms with Crippen LogP contribution in [0.2, 0.25) is 0 Å². The summed E-state index contributed by atoms with van der Waals surface area (Å²) in [5, 5.41) is 4.17. The summed E-state index contributed by atoms with van der Waals surface area (Å²) < 4.78 is 1.92. The Morgan fingerprint density at radius 2 is 2.21 bits per heavy atom. The maximum atomic E-state index is 6.18. The zero-order valence-corrected chi connectivity index (χ0v) is 12.4. The quantitative estimate of drug-likeness (QED) is 0.824. The second kappa shape index (κ2) is 6.78. The van der Waals surface area contributed by atoms with Gasteiger partial charge in [-0.2, -0.15) is 5.10 Å². The highest BCUT2D eigenvalue weighted by Gasteiger charge is 2.06. The Morgan fingerprint density at radius 3 is 2.89 bits per heavy atom. The number of aryl methyl sites for hydroxylation is 3. The van der Waals surface area contributed by atoms with Crippen LogP contribution in [0, 0.1) is 6.92 Å². The molecule has 0 radical (unpaired) electrons. The molecule has 0 amide bonds. The first-order chi connectivity index (χ1) is 9.15. The van der Waals surface area contributed by atoms with E-state index in [1.165, 1.54) is 16.2 Å². The van der Waals surface area contributed by atoms with Gasteiger partial charge < -0.3 is 5.73 Å². The lowest BCUT2D eigenvalue weighted by molar-refractivity contribution is 0.629. The van der Waals surface area contributed by atoms with E-state index in [0.717, 1.165) is 18.6 Å². The standard InChI is InChI=1S/C15H21N3S/c1-12-4-3-5-15(10-12)19-11-13(16)6-7-14-8-9-17-18(14)2/h3-5,8-10,13H,6-7,11,16H2,1-2H3. The predicted molar refractivity (Wildman–Crippen MR) is 81.4 cm³/mol. The molecular formula is C15H21N3S. The van der Waals surface area contributed by atoms with Crippen molar-refractivity contribution in [2.75, 3.05) is 5.75 Å². The normalized spacial score (nSPS) is 12.6. The zero-order valence-electron chi connectivity index (χ0n) is 11.5. The highest BCUT2D eigenvalue weighted by Crippen LogP contribution is 2.20. The fourth-order valence-electron chi connectivity index (χ4n) is 1.97. The third kappa shape index (κ3) is 4.40. The molecule has 1 heterocycles. The topological polar surface area (TPSA) is 43.8 Å². The summed E-state index contributed by atoms with van der Waals surface area (Å²) in [7, 11) is 1.97. The van der Waals surface area contributed by atoms with Gasteiger partial charge in [0, 0.05) is 35.6 Å². The minimum Gasteiger partial charge on any atom is -0.327 e. The van der Waals surface area contributed by atoms with E-state index in [1.807, 2.05) is 29.7 Å². The van der Waals surface area contributed by atoms with Crippen LogP contribution >= 0.6 is 11.8 Å². The smallest absolute Gasteiger partial charge is 0.0492 e. The van der Waals surface area contributed by atoms with Gasteiger partial charge in [-0.05, 0) is 38.0 Å². The number of thioether (sulfide) groups is 1. The number of nitrogens with zero attached hydrogens (tertiary/aromatic N) is 2. The van der Waals surface area contributed by atoms with E-state index in [0.29, 0.717) is 0 Å². The van der Waals surface area contributed by atoms with E-state index in [2.05, 4.69) is 42.4 Å². The van der Waals surface area contributed by atoms with Gasteiger partial charge >= 0.3 is 0 Å². The van der Waals surface area contributed by atoms with Gasteiger partial charge in [0.05, 0.1) is 0 Å². The zero-order chi connectivity index (χ0) is 13.7. The molecular weight excluding hydrogens is 254 g/mol. The second-order valence-electron chi connectivity index (χ2n) is 4.87. The van der Waals surface area contributed by atoms with E-state index >= 15 is 0 Å². The third-order valence-corrected chi connectivity index (χ3v) is 4.33. The van der Waals surface area contributed by atoms with Crippen molar-refractivity contribution in [1.82, 2.24) is 9.78 Å². The van der Waals surface area contributed by atoms with E-state index in [1.54, 1.807) is 0 Å². The van der Waals surface area contributed by atoms with Crippen LogP contribution in [0.5, 0.6) is 0 Å². The lowest BCUT2D eigenvalue weighted by atomic mass is 10.1. The number of aromatic nitrogens is 2. The Morgan fingerprint density at radius 1 is 1.37 bits per heavy atom. The minimum absolute atomic E-state index is 0.223. The maximum Gasteiger partial charge on any atom is 0.0492 e. The summed E-state index contributed by atoms with van der Waals surface area (Å²) in [6, 6.07) is 10.8. The molecule has 1 aromatic carbocycles. The summed E-state index contributed by atoms with van der Waals surface area (Å²) in [5.74, 6) is 0.960. The van der Waals surface area contributed by atoms with Gasteiger partial charge in [0.15, 0.2) is 0 Å². The molecule has 0 aliphatic rings. The van der Waals surface area contributed by atoms with Gasteiger partial charge in [0.1, 0.15) is 0 Å². The summed E-state index contributed by atoms with van der Waals surface area (Å²) in [6.07, 6.45) is 3.83. The molecule has 0 fully saturated rings. The van der Waals surface area contributed by atoms with Crippen LogP contribution in [0.15, 0.2) is 41.4 Å². The molecule has 4 heteroatoms. The Labute approximate surface area is 119 Å². The lowest BCUT2D eigenvalue weighted by Crippen LogP contribution is -2.23. The van der Waals surface area contributed by atoms with Crippen LogP contribution < -0.4 is 5.73 Å². The van der Waals surface area contributed by atoms with Crippen molar-refractivity contribution in [2.45, 2.75) is 30.7 Å². The van der Waals surface area contributed by atoms with Crippen molar-refractivity contribution >= 4 is 11.8 Å². The number of rotatable bonds is 6. The largest absolute Gasteiger partial charge is 0.327 e. The fraction of sp³-hybridized carbons (Fsp3) is 0.400. The highest BCUT2D eigenvalue weighted by atomic mass is 32.2. The van der Waals surface area contributed by atoms with Crippen molar-refractivity contribution in [3.63, 3.8) is 0 Å². The first kappa shape index (κ1) is 14.2. The van der Waals surface area contributed by atoms with Gasteiger partial charge in [0.2, 0.25) is 0 Å². The monoisotopic (exact) mass is 275 g/mol. The SMILES string of the molecule is Cc1cccc(SCC(N)CCc2ccnn2C)c1. The number of hydrogen-bond donors (Lipinski definition) is 1. The second-order valence-corrected chi connectivity index (χ2v) is 5.97. The van der Waals surface area contributed by atoms with Crippen molar-refractivity contribution < 1.29 is 0 Å². The van der Waals surface area contributed by atoms with Gasteiger partial charge in [-0.3, -0.25) is 4.68 Å². The third-order valence-electron chi connectivity index (χ3n) is 3.15. The Bertz CT molecular complexity index is 522. The molecule has 102 valence electrons. The van der Waals surface area contributed by atoms with Crippen LogP contribution in [-0.2, 0) is 13.5 Å². The van der Waals surface area contributed by atoms with Crippen LogP contribution in [-0.4, -0.2) is 21.6 Å². The molecule has 3 nitrogen and oxygen atoms in total. The van der Waals surface area contributed by atoms with Crippen molar-refractivity contribution in [3.8, 4) is 0 Å². The van der Waals surface area contributed by atoms with Crippen molar-refractivity contribution in [3.05, 3.63) is 47.8 Å². The average Bonchev–Trinajstić information content (AvgIpc) is 2.80.